The molecule has 4 aliphatic rings. The number of hydrogen-bond acceptors (Lipinski definition) is 5. The zero-order valence-corrected chi connectivity index (χ0v) is 20.1. The number of hydrogen-bond donors (Lipinski definition) is 1. The standard InChI is InChI=1S/C26H36O5/c1-14-13-17-23(5)11-10-18(27)22(3,4)16(23)9-12-24(17,6)26(21(30)31-8)20(29)15(2)19(28)25(14,26)7/h13,16-17,28H,9-12H2,1-8H3. The highest BCUT2D eigenvalue weighted by Gasteiger charge is 2.80. The third kappa shape index (κ3) is 2.07. The van der Waals surface area contributed by atoms with E-state index in [1.807, 2.05) is 20.8 Å². The van der Waals surface area contributed by atoms with Gasteiger partial charge in [-0.2, -0.15) is 0 Å². The minimum Gasteiger partial charge on any atom is -0.511 e. The van der Waals surface area contributed by atoms with Crippen molar-refractivity contribution in [2.24, 2.45) is 38.9 Å². The molecule has 6 unspecified atom stereocenters. The van der Waals surface area contributed by atoms with Gasteiger partial charge in [0.05, 0.1) is 12.5 Å². The second kappa shape index (κ2) is 6.11. The van der Waals surface area contributed by atoms with Gasteiger partial charge in [0.2, 0.25) is 0 Å². The third-order valence-electron chi connectivity index (χ3n) is 10.4. The number of allylic oxidation sites excluding steroid dienone is 3. The molecule has 0 aromatic carbocycles. The first-order chi connectivity index (χ1) is 14.2. The van der Waals surface area contributed by atoms with Gasteiger partial charge in [-0.25, -0.2) is 0 Å². The van der Waals surface area contributed by atoms with Crippen LogP contribution in [0.25, 0.3) is 0 Å². The Kier molecular flexibility index (Phi) is 4.39. The molecule has 0 radical (unpaired) electrons. The summed E-state index contributed by atoms with van der Waals surface area (Å²) >= 11 is 0. The van der Waals surface area contributed by atoms with Gasteiger partial charge in [-0.1, -0.05) is 39.3 Å². The van der Waals surface area contributed by atoms with Crippen LogP contribution >= 0.6 is 0 Å². The van der Waals surface area contributed by atoms with E-state index in [1.165, 1.54) is 7.11 Å². The summed E-state index contributed by atoms with van der Waals surface area (Å²) in [7, 11) is 1.33. The fourth-order valence-electron chi connectivity index (χ4n) is 8.66. The average molecular weight is 429 g/mol. The second-order valence-corrected chi connectivity index (χ2v) is 11.7. The lowest BCUT2D eigenvalue weighted by molar-refractivity contribution is -0.205. The first kappa shape index (κ1) is 22.3. The van der Waals surface area contributed by atoms with E-state index in [9.17, 15) is 19.5 Å². The number of Topliss-reactive ketones (excluding diaryl/α,β-unsaturated/α-hetero) is 2. The van der Waals surface area contributed by atoms with Crippen LogP contribution in [0.5, 0.6) is 0 Å². The van der Waals surface area contributed by atoms with E-state index in [1.54, 1.807) is 6.92 Å². The number of carbonyl (C=O) groups is 3. The number of esters is 1. The van der Waals surface area contributed by atoms with Crippen molar-refractivity contribution < 1.29 is 24.2 Å². The number of fused-ring (bicyclic) bond motifs is 5. The van der Waals surface area contributed by atoms with Crippen molar-refractivity contribution in [2.75, 3.05) is 7.11 Å². The van der Waals surface area contributed by atoms with Gasteiger partial charge in [0.15, 0.2) is 11.2 Å². The molecule has 0 aliphatic heterocycles. The summed E-state index contributed by atoms with van der Waals surface area (Å²) in [5, 5.41) is 11.2. The smallest absolute Gasteiger partial charge is 0.321 e. The summed E-state index contributed by atoms with van der Waals surface area (Å²) in [4.78, 5) is 40.4. The minimum atomic E-state index is -1.51. The normalized spacial score (nSPS) is 46.1. The van der Waals surface area contributed by atoms with Crippen molar-refractivity contribution in [3.8, 4) is 0 Å². The largest absolute Gasteiger partial charge is 0.511 e. The molecule has 2 saturated carbocycles. The predicted octanol–water partition coefficient (Wildman–Crippen LogP) is 4.95. The van der Waals surface area contributed by atoms with Gasteiger partial charge in [0.25, 0.3) is 0 Å². The van der Waals surface area contributed by atoms with Crippen LogP contribution in [-0.2, 0) is 19.1 Å². The summed E-state index contributed by atoms with van der Waals surface area (Å²) in [5.41, 5.74) is -2.96. The Morgan fingerprint density at radius 3 is 2.29 bits per heavy atom. The Morgan fingerprint density at radius 2 is 1.71 bits per heavy atom. The highest BCUT2D eigenvalue weighted by Crippen LogP contribution is 2.76. The number of methoxy groups -OCH3 is 1. The van der Waals surface area contributed by atoms with Gasteiger partial charge < -0.3 is 9.84 Å². The van der Waals surface area contributed by atoms with Gasteiger partial charge >= 0.3 is 5.97 Å². The molecule has 6 atom stereocenters. The fraction of sp³-hybridized carbons (Fsp3) is 0.731. The van der Waals surface area contributed by atoms with Crippen molar-refractivity contribution in [1.82, 2.24) is 0 Å². The van der Waals surface area contributed by atoms with Crippen molar-refractivity contribution in [3.05, 3.63) is 23.0 Å². The molecule has 0 aromatic rings. The number of rotatable bonds is 1. The third-order valence-corrected chi connectivity index (χ3v) is 10.4. The first-order valence-corrected chi connectivity index (χ1v) is 11.4. The molecule has 0 bridgehead atoms. The molecule has 2 fully saturated rings. The molecule has 0 spiro atoms. The molecule has 4 rings (SSSR count). The minimum absolute atomic E-state index is 0.0113. The molecule has 170 valence electrons. The highest BCUT2D eigenvalue weighted by atomic mass is 16.5. The van der Waals surface area contributed by atoms with E-state index in [2.05, 4.69) is 26.8 Å². The summed E-state index contributed by atoms with van der Waals surface area (Å²) < 4.78 is 5.34. The Bertz CT molecular complexity index is 970. The lowest BCUT2D eigenvalue weighted by Crippen LogP contribution is -2.69. The molecule has 0 amide bonds. The summed E-state index contributed by atoms with van der Waals surface area (Å²) in [5.74, 6) is -0.496. The van der Waals surface area contributed by atoms with Crippen LogP contribution in [0.2, 0.25) is 0 Å². The molecule has 1 N–H and O–H groups in total. The Hall–Kier alpha value is -1.91. The van der Waals surface area contributed by atoms with Crippen LogP contribution in [0.1, 0.15) is 74.1 Å². The molecule has 31 heavy (non-hydrogen) atoms. The zero-order valence-electron chi connectivity index (χ0n) is 20.1. The molecule has 5 heteroatoms. The number of carbonyl (C=O) groups excluding carboxylic acids is 3. The van der Waals surface area contributed by atoms with E-state index in [0.29, 0.717) is 18.6 Å². The molecule has 4 aliphatic carbocycles. The van der Waals surface area contributed by atoms with Crippen LogP contribution in [0, 0.1) is 38.9 Å². The Morgan fingerprint density at radius 1 is 1.10 bits per heavy atom. The number of aliphatic hydroxyl groups excluding tert-OH is 1. The lowest BCUT2D eigenvalue weighted by Gasteiger charge is -2.68. The van der Waals surface area contributed by atoms with E-state index in [-0.39, 0.29) is 34.4 Å². The maximum absolute atomic E-state index is 13.9. The number of ether oxygens (including phenoxy) is 1. The average Bonchev–Trinajstić information content (AvgIpc) is 2.86. The van der Waals surface area contributed by atoms with Crippen molar-refractivity contribution in [2.45, 2.75) is 74.1 Å². The lowest BCUT2D eigenvalue weighted by atomic mass is 9.34. The topological polar surface area (TPSA) is 80.7 Å². The van der Waals surface area contributed by atoms with Gasteiger partial charge in [0, 0.05) is 17.4 Å². The van der Waals surface area contributed by atoms with Crippen LogP contribution in [0.4, 0.5) is 0 Å². The Labute approximate surface area is 185 Å². The predicted molar refractivity (Wildman–Crippen MR) is 117 cm³/mol. The maximum atomic E-state index is 13.9. The quantitative estimate of drug-likeness (QED) is 0.363. The molecular weight excluding hydrogens is 392 g/mol. The van der Waals surface area contributed by atoms with Gasteiger partial charge in [-0.05, 0) is 62.7 Å². The fourth-order valence-corrected chi connectivity index (χ4v) is 8.66. The highest BCUT2D eigenvalue weighted by molar-refractivity contribution is 6.17. The summed E-state index contributed by atoms with van der Waals surface area (Å²) in [6, 6.07) is 0. The van der Waals surface area contributed by atoms with Crippen molar-refractivity contribution in [1.29, 1.82) is 0 Å². The summed E-state index contributed by atoms with van der Waals surface area (Å²) in [6.45, 7) is 13.8. The second-order valence-electron chi connectivity index (χ2n) is 11.7. The summed E-state index contributed by atoms with van der Waals surface area (Å²) in [6.07, 6.45) is 4.84. The molecule has 0 aromatic heterocycles. The van der Waals surface area contributed by atoms with Crippen LogP contribution < -0.4 is 0 Å². The SMILES string of the molecule is COC(=O)C12C(=O)C(C)=C(O)C1(C)C(C)=CC1C3(C)CCC(=O)C(C)(C)C3CCC12C. The van der Waals surface area contributed by atoms with Crippen molar-refractivity contribution >= 4 is 17.5 Å². The number of ketones is 2. The van der Waals surface area contributed by atoms with E-state index in [4.69, 9.17) is 4.74 Å². The number of aliphatic hydroxyl groups is 1. The molecular formula is C26H36O5. The van der Waals surface area contributed by atoms with Gasteiger partial charge in [-0.15, -0.1) is 0 Å². The first-order valence-electron chi connectivity index (χ1n) is 11.4. The van der Waals surface area contributed by atoms with Crippen LogP contribution in [0.15, 0.2) is 23.0 Å². The molecule has 0 heterocycles. The van der Waals surface area contributed by atoms with Gasteiger partial charge in [-0.3, -0.25) is 14.4 Å². The van der Waals surface area contributed by atoms with Crippen LogP contribution in [-0.4, -0.2) is 29.8 Å². The van der Waals surface area contributed by atoms with E-state index in [0.717, 1.165) is 18.4 Å². The molecule has 0 saturated heterocycles. The zero-order chi connectivity index (χ0) is 23.4. The molecule has 5 nitrogen and oxygen atoms in total. The maximum Gasteiger partial charge on any atom is 0.321 e. The van der Waals surface area contributed by atoms with E-state index < -0.39 is 27.6 Å². The van der Waals surface area contributed by atoms with E-state index >= 15 is 0 Å². The van der Waals surface area contributed by atoms with Gasteiger partial charge in [0.1, 0.15) is 11.5 Å². The van der Waals surface area contributed by atoms with Crippen molar-refractivity contribution in [3.63, 3.8) is 0 Å². The monoisotopic (exact) mass is 428 g/mol. The Balaban J connectivity index is 2.04. The van der Waals surface area contributed by atoms with Crippen LogP contribution in [0.3, 0.4) is 0 Å².